The van der Waals surface area contributed by atoms with Gasteiger partial charge in [-0.05, 0) is 33.6 Å². The zero-order chi connectivity index (χ0) is 18.1. The van der Waals surface area contributed by atoms with Crippen molar-refractivity contribution in [3.8, 4) is 0 Å². The minimum atomic E-state index is -3.10. The normalized spacial score (nSPS) is 15.4. The number of nitrogens with one attached hydrogen (secondary N) is 1. The Bertz CT molecular complexity index is 432. The smallest absolute Gasteiger partial charge is 0.410 e. The summed E-state index contributed by atoms with van der Waals surface area (Å²) in [6.07, 6.45) is 0.759. The van der Waals surface area contributed by atoms with Gasteiger partial charge in [-0.3, -0.25) is 9.36 Å². The summed E-state index contributed by atoms with van der Waals surface area (Å²) in [5.74, 6) is -0.463. The maximum Gasteiger partial charge on any atom is 0.410 e. The summed E-state index contributed by atoms with van der Waals surface area (Å²) in [4.78, 5) is 32.8. The van der Waals surface area contributed by atoms with E-state index in [2.05, 4.69) is 5.32 Å². The van der Waals surface area contributed by atoms with Crippen LogP contribution in [0.4, 0.5) is 4.79 Å². The minimum absolute atomic E-state index is 0.168. The lowest BCUT2D eigenvalue weighted by Crippen LogP contribution is -2.33. The first-order chi connectivity index (χ1) is 10.5. The van der Waals surface area contributed by atoms with Gasteiger partial charge >= 0.3 is 12.1 Å². The Hall–Kier alpha value is -1.07. The van der Waals surface area contributed by atoms with E-state index >= 15 is 0 Å². The molecule has 7 nitrogen and oxygen atoms in total. The number of carbonyl (C=O) groups is 2. The van der Waals surface area contributed by atoms with Crippen molar-refractivity contribution >= 4 is 19.4 Å². The van der Waals surface area contributed by atoms with Crippen LogP contribution in [0.25, 0.3) is 0 Å². The van der Waals surface area contributed by atoms with E-state index in [0.717, 1.165) is 12.8 Å². The third kappa shape index (κ3) is 11.2. The van der Waals surface area contributed by atoms with Crippen LogP contribution in [0.1, 0.15) is 53.9 Å². The summed E-state index contributed by atoms with van der Waals surface area (Å²) in [5.41, 5.74) is -0.672. The molecule has 0 saturated heterocycles. The Morgan fingerprint density at radius 3 is 2.26 bits per heavy atom. The molecule has 136 valence electrons. The van der Waals surface area contributed by atoms with Crippen LogP contribution in [0.5, 0.6) is 0 Å². The van der Waals surface area contributed by atoms with Crippen LogP contribution < -0.4 is 5.32 Å². The van der Waals surface area contributed by atoms with Gasteiger partial charge in [0.25, 0.3) is 0 Å². The zero-order valence-electron chi connectivity index (χ0n) is 14.8. The maximum atomic E-state index is 11.8. The number of hydrogen-bond acceptors (Lipinski definition) is 5. The second-order valence-electron chi connectivity index (χ2n) is 6.56. The highest BCUT2D eigenvalue weighted by Gasteiger charge is 2.26. The highest BCUT2D eigenvalue weighted by Crippen LogP contribution is 2.41. The molecule has 0 aliphatic rings. The van der Waals surface area contributed by atoms with E-state index in [9.17, 15) is 19.0 Å². The molecule has 0 fully saturated rings. The van der Waals surface area contributed by atoms with Gasteiger partial charge in [-0.1, -0.05) is 13.3 Å². The van der Waals surface area contributed by atoms with E-state index < -0.39 is 31.1 Å². The van der Waals surface area contributed by atoms with Crippen molar-refractivity contribution in [1.82, 2.24) is 5.32 Å². The van der Waals surface area contributed by atoms with E-state index in [4.69, 9.17) is 9.47 Å². The molecule has 1 amide bonds. The lowest BCUT2D eigenvalue weighted by molar-refractivity contribution is -0.174. The summed E-state index contributed by atoms with van der Waals surface area (Å²) >= 11 is 0. The van der Waals surface area contributed by atoms with E-state index in [1.165, 1.54) is 6.92 Å². The molecule has 2 atom stereocenters. The van der Waals surface area contributed by atoms with Crippen molar-refractivity contribution in [1.29, 1.82) is 0 Å². The van der Waals surface area contributed by atoms with Gasteiger partial charge in [0, 0.05) is 25.8 Å². The summed E-state index contributed by atoms with van der Waals surface area (Å²) in [5, 5.41) is 2.47. The number of hydrogen-bond donors (Lipinski definition) is 2. The molecular formula is C15H30NO6P. The Labute approximate surface area is 138 Å². The highest BCUT2D eigenvalue weighted by atomic mass is 31.2. The van der Waals surface area contributed by atoms with E-state index in [1.807, 2.05) is 6.92 Å². The average molecular weight is 351 g/mol. The third-order valence-electron chi connectivity index (χ3n) is 2.97. The maximum absolute atomic E-state index is 11.8. The van der Waals surface area contributed by atoms with Gasteiger partial charge in [0.05, 0.1) is 5.41 Å². The Balaban J connectivity index is 3.95. The number of unbranched alkanes of at least 4 members (excludes halogenated alkanes) is 1. The zero-order valence-corrected chi connectivity index (χ0v) is 15.7. The number of ether oxygens (including phenoxy) is 2. The quantitative estimate of drug-likeness (QED) is 0.286. The van der Waals surface area contributed by atoms with Crippen LogP contribution in [0.2, 0.25) is 0 Å². The second kappa shape index (κ2) is 9.93. The number of alkyl carbamates (subject to hydrolysis) is 1. The number of esters is 1. The predicted octanol–water partition coefficient (Wildman–Crippen LogP) is 3.11. The number of rotatable bonds is 9. The van der Waals surface area contributed by atoms with Crippen molar-refractivity contribution in [3.63, 3.8) is 0 Å². The van der Waals surface area contributed by atoms with E-state index in [0.29, 0.717) is 12.6 Å². The molecule has 0 aliphatic heterocycles. The summed E-state index contributed by atoms with van der Waals surface area (Å²) in [7, 11) is -3.10. The van der Waals surface area contributed by atoms with Crippen molar-refractivity contribution in [2.24, 2.45) is 5.41 Å². The third-order valence-corrected chi connectivity index (χ3v) is 5.00. The number of amides is 1. The van der Waals surface area contributed by atoms with E-state index in [-0.39, 0.29) is 12.7 Å². The fourth-order valence-corrected chi connectivity index (χ4v) is 3.26. The lowest BCUT2D eigenvalue weighted by atomic mass is 9.97. The number of carbonyl (C=O) groups excluding carboxylic acids is 2. The molecule has 23 heavy (non-hydrogen) atoms. The molecule has 0 aromatic rings. The van der Waals surface area contributed by atoms with Crippen LogP contribution in [-0.2, 0) is 18.8 Å². The van der Waals surface area contributed by atoms with Crippen molar-refractivity contribution in [3.05, 3.63) is 0 Å². The van der Waals surface area contributed by atoms with Crippen LogP contribution >= 0.6 is 7.37 Å². The second-order valence-corrected chi connectivity index (χ2v) is 9.14. The Morgan fingerprint density at radius 2 is 1.74 bits per heavy atom. The molecule has 0 spiro atoms. The van der Waals surface area contributed by atoms with Gasteiger partial charge in [-0.15, -0.1) is 0 Å². The molecule has 0 heterocycles. The topological polar surface area (TPSA) is 102 Å². The minimum Gasteiger partial charge on any atom is -0.425 e. The standard InChI is InChI=1S/C15H30NO6P/c1-6-7-10-23(19,20)11-8-9-16-14(18)22-12(2)21-13(17)15(3,4)5/h12H,6-11H2,1-5H3,(H,16,18)(H,19,20). The van der Waals surface area contributed by atoms with Crippen molar-refractivity contribution in [2.75, 3.05) is 18.9 Å². The molecule has 0 bridgehead atoms. The van der Waals surface area contributed by atoms with Crippen molar-refractivity contribution in [2.45, 2.75) is 60.2 Å². The molecule has 0 saturated carbocycles. The van der Waals surface area contributed by atoms with Gasteiger partial charge < -0.3 is 19.7 Å². The molecule has 0 rings (SSSR count). The Morgan fingerprint density at radius 1 is 1.17 bits per heavy atom. The van der Waals surface area contributed by atoms with Gasteiger partial charge in [0.1, 0.15) is 0 Å². The molecule has 0 radical (unpaired) electrons. The summed E-state index contributed by atoms with van der Waals surface area (Å²) < 4.78 is 21.6. The molecule has 0 aliphatic carbocycles. The first-order valence-corrected chi connectivity index (χ1v) is 9.97. The van der Waals surface area contributed by atoms with Crippen LogP contribution in [0, 0.1) is 5.41 Å². The van der Waals surface area contributed by atoms with Gasteiger partial charge in [-0.25, -0.2) is 4.79 Å². The van der Waals surface area contributed by atoms with Gasteiger partial charge in [-0.2, -0.15) is 0 Å². The fraction of sp³-hybridized carbons (Fsp3) is 0.867. The molecule has 0 aromatic heterocycles. The highest BCUT2D eigenvalue weighted by molar-refractivity contribution is 7.57. The molecular weight excluding hydrogens is 321 g/mol. The van der Waals surface area contributed by atoms with Crippen LogP contribution in [-0.4, -0.2) is 42.1 Å². The fourth-order valence-electron chi connectivity index (χ4n) is 1.58. The monoisotopic (exact) mass is 351 g/mol. The van der Waals surface area contributed by atoms with Gasteiger partial charge in [0.15, 0.2) is 0 Å². The van der Waals surface area contributed by atoms with E-state index in [1.54, 1.807) is 20.8 Å². The molecule has 2 N–H and O–H groups in total. The van der Waals surface area contributed by atoms with Crippen molar-refractivity contribution < 1.29 is 28.5 Å². The molecule has 0 aromatic carbocycles. The average Bonchev–Trinajstić information content (AvgIpc) is 2.40. The van der Waals surface area contributed by atoms with Gasteiger partial charge in [0.2, 0.25) is 13.7 Å². The van der Waals surface area contributed by atoms with Crippen LogP contribution in [0.3, 0.4) is 0 Å². The lowest BCUT2D eigenvalue weighted by Gasteiger charge is -2.20. The predicted molar refractivity (Wildman–Crippen MR) is 88.6 cm³/mol. The molecule has 2 unspecified atom stereocenters. The first-order valence-electron chi connectivity index (χ1n) is 7.94. The summed E-state index contributed by atoms with van der Waals surface area (Å²) in [6, 6.07) is 0. The largest absolute Gasteiger partial charge is 0.425 e. The summed E-state index contributed by atoms with van der Waals surface area (Å²) in [6.45, 7) is 8.76. The SMILES string of the molecule is CCCCP(=O)(O)CCCNC(=O)OC(C)OC(=O)C(C)(C)C. The first kappa shape index (κ1) is 21.9. The van der Waals surface area contributed by atoms with Crippen LogP contribution in [0.15, 0.2) is 0 Å². The Kier molecular flexibility index (Phi) is 9.47. The molecule has 8 heteroatoms.